The molecule has 38 heavy (non-hydrogen) atoms. The maximum Gasteiger partial charge on any atom is 0.408 e. The number of amides is 3. The molecule has 8 heteroatoms. The quantitative estimate of drug-likeness (QED) is 0.393. The lowest BCUT2D eigenvalue weighted by molar-refractivity contribution is -0.145. The maximum atomic E-state index is 14.2. The molecule has 0 aliphatic rings. The van der Waals surface area contributed by atoms with Crippen LogP contribution in [0.25, 0.3) is 0 Å². The minimum atomic E-state index is -0.988. The van der Waals surface area contributed by atoms with E-state index in [1.807, 2.05) is 58.0 Å². The van der Waals surface area contributed by atoms with Gasteiger partial charge in [-0.1, -0.05) is 56.7 Å². The van der Waals surface area contributed by atoms with Crippen LogP contribution in [-0.4, -0.2) is 45.6 Å². The Morgan fingerprint density at radius 1 is 1.03 bits per heavy atom. The summed E-state index contributed by atoms with van der Waals surface area (Å²) in [5.41, 5.74) is 1.35. The van der Waals surface area contributed by atoms with Crippen LogP contribution in [0.3, 0.4) is 0 Å². The molecule has 0 spiro atoms. The van der Waals surface area contributed by atoms with Crippen molar-refractivity contribution in [3.05, 3.63) is 65.2 Å². The molecule has 208 valence electrons. The van der Waals surface area contributed by atoms with Crippen LogP contribution < -0.4 is 10.6 Å². The first-order valence-electron chi connectivity index (χ1n) is 13.2. The van der Waals surface area contributed by atoms with Gasteiger partial charge in [-0.05, 0) is 76.3 Å². The number of aromatic hydroxyl groups is 1. The van der Waals surface area contributed by atoms with Gasteiger partial charge in [-0.3, -0.25) is 9.59 Å². The van der Waals surface area contributed by atoms with Gasteiger partial charge in [0.2, 0.25) is 11.8 Å². The summed E-state index contributed by atoms with van der Waals surface area (Å²) in [6.45, 7) is 14.8. The summed E-state index contributed by atoms with van der Waals surface area (Å²) in [5, 5.41) is 15.8. The van der Waals surface area contributed by atoms with Crippen LogP contribution in [0, 0.1) is 12.8 Å². The number of aryl methyl sites for hydroxylation is 1. The smallest absolute Gasteiger partial charge is 0.408 e. The van der Waals surface area contributed by atoms with Crippen molar-refractivity contribution in [1.29, 1.82) is 0 Å². The van der Waals surface area contributed by atoms with Gasteiger partial charge in [0, 0.05) is 12.6 Å². The molecule has 0 heterocycles. The molecule has 0 aliphatic heterocycles. The lowest BCUT2D eigenvalue weighted by atomic mass is 9.94. The predicted molar refractivity (Wildman–Crippen MR) is 148 cm³/mol. The van der Waals surface area contributed by atoms with Crippen LogP contribution in [0.15, 0.2) is 48.5 Å². The van der Waals surface area contributed by atoms with E-state index in [4.69, 9.17) is 4.74 Å². The summed E-state index contributed by atoms with van der Waals surface area (Å²) in [6.07, 6.45) is -0.0631. The van der Waals surface area contributed by atoms with E-state index in [0.29, 0.717) is 17.5 Å². The van der Waals surface area contributed by atoms with Crippen molar-refractivity contribution in [2.45, 2.75) is 92.1 Å². The maximum absolute atomic E-state index is 14.2. The molecule has 0 aliphatic carbocycles. The number of phenolic OH excluding ortho intramolecular Hbond substituents is 1. The normalized spacial score (nSPS) is 13.8. The SMILES string of the molecule is CCC(C)C(NC(=O)OC(C)(C)C)C(=O)N(C(C)C)C(C(=O)NCc1ccccc1)c1ccc(O)c(C)c1. The molecule has 0 saturated heterocycles. The largest absolute Gasteiger partial charge is 0.508 e. The van der Waals surface area contributed by atoms with Crippen LogP contribution in [0.1, 0.15) is 77.6 Å². The number of ether oxygens (including phenoxy) is 1. The number of rotatable bonds is 10. The zero-order chi connectivity index (χ0) is 28.6. The summed E-state index contributed by atoms with van der Waals surface area (Å²) in [5.74, 6) is -0.860. The fourth-order valence-electron chi connectivity index (χ4n) is 4.13. The summed E-state index contributed by atoms with van der Waals surface area (Å²) in [4.78, 5) is 42.1. The third-order valence-corrected chi connectivity index (χ3v) is 6.33. The lowest BCUT2D eigenvalue weighted by Gasteiger charge is -2.38. The Balaban J connectivity index is 2.50. The van der Waals surface area contributed by atoms with E-state index < -0.39 is 23.8 Å². The van der Waals surface area contributed by atoms with Crippen molar-refractivity contribution in [3.8, 4) is 5.75 Å². The van der Waals surface area contributed by atoms with Crippen molar-refractivity contribution in [2.24, 2.45) is 5.92 Å². The molecule has 0 aromatic heterocycles. The molecular weight excluding hydrogens is 482 g/mol. The molecule has 3 unspecified atom stereocenters. The van der Waals surface area contributed by atoms with E-state index in [1.54, 1.807) is 39.8 Å². The number of carbonyl (C=O) groups is 3. The minimum Gasteiger partial charge on any atom is -0.508 e. The van der Waals surface area contributed by atoms with Crippen LogP contribution in [0.5, 0.6) is 5.75 Å². The molecule has 3 amide bonds. The number of carbonyl (C=O) groups excluding carboxylic acids is 3. The highest BCUT2D eigenvalue weighted by atomic mass is 16.6. The Kier molecular flexibility index (Phi) is 10.7. The highest BCUT2D eigenvalue weighted by Gasteiger charge is 2.39. The van der Waals surface area contributed by atoms with Crippen LogP contribution >= 0.6 is 0 Å². The Morgan fingerprint density at radius 3 is 2.18 bits per heavy atom. The Morgan fingerprint density at radius 2 is 1.66 bits per heavy atom. The van der Waals surface area contributed by atoms with Gasteiger partial charge in [0.25, 0.3) is 0 Å². The molecule has 0 radical (unpaired) electrons. The second-order valence-corrected chi connectivity index (χ2v) is 11.0. The van der Waals surface area contributed by atoms with Crippen molar-refractivity contribution in [3.63, 3.8) is 0 Å². The molecule has 0 bridgehead atoms. The lowest BCUT2D eigenvalue weighted by Crippen LogP contribution is -2.56. The van der Waals surface area contributed by atoms with Gasteiger partial charge < -0.3 is 25.4 Å². The van der Waals surface area contributed by atoms with Crippen LogP contribution in [0.4, 0.5) is 4.79 Å². The van der Waals surface area contributed by atoms with E-state index in [2.05, 4.69) is 10.6 Å². The van der Waals surface area contributed by atoms with E-state index in [-0.39, 0.29) is 36.1 Å². The summed E-state index contributed by atoms with van der Waals surface area (Å²) in [6, 6.07) is 12.1. The molecular formula is C30H43N3O5. The first kappa shape index (κ1) is 30.7. The predicted octanol–water partition coefficient (Wildman–Crippen LogP) is 5.23. The Bertz CT molecular complexity index is 1090. The van der Waals surface area contributed by atoms with Crippen molar-refractivity contribution < 1.29 is 24.2 Å². The molecule has 2 aromatic carbocycles. The second kappa shape index (κ2) is 13.3. The van der Waals surface area contributed by atoms with E-state index in [9.17, 15) is 19.5 Å². The molecule has 2 rings (SSSR count). The summed E-state index contributed by atoms with van der Waals surface area (Å²) in [7, 11) is 0. The number of nitrogens with zero attached hydrogens (tertiary/aromatic N) is 1. The number of hydrogen-bond acceptors (Lipinski definition) is 5. The van der Waals surface area contributed by atoms with Gasteiger partial charge in [0.15, 0.2) is 0 Å². The number of phenols is 1. The monoisotopic (exact) mass is 525 g/mol. The van der Waals surface area contributed by atoms with Crippen LogP contribution in [0.2, 0.25) is 0 Å². The van der Waals surface area contributed by atoms with Crippen molar-refractivity contribution >= 4 is 17.9 Å². The molecule has 0 saturated carbocycles. The molecule has 2 aromatic rings. The van der Waals surface area contributed by atoms with Gasteiger partial charge in [0.1, 0.15) is 23.4 Å². The average molecular weight is 526 g/mol. The van der Waals surface area contributed by atoms with E-state index in [0.717, 1.165) is 5.56 Å². The Labute approximate surface area is 226 Å². The van der Waals surface area contributed by atoms with E-state index >= 15 is 0 Å². The Hall–Kier alpha value is -3.55. The fourth-order valence-corrected chi connectivity index (χ4v) is 4.13. The van der Waals surface area contributed by atoms with Gasteiger partial charge in [-0.2, -0.15) is 0 Å². The second-order valence-electron chi connectivity index (χ2n) is 11.0. The van der Waals surface area contributed by atoms with Gasteiger partial charge >= 0.3 is 6.09 Å². The topological polar surface area (TPSA) is 108 Å². The zero-order valence-electron chi connectivity index (χ0n) is 23.9. The summed E-state index contributed by atoms with van der Waals surface area (Å²) >= 11 is 0. The molecule has 8 nitrogen and oxygen atoms in total. The highest BCUT2D eigenvalue weighted by Crippen LogP contribution is 2.29. The third-order valence-electron chi connectivity index (χ3n) is 6.33. The zero-order valence-corrected chi connectivity index (χ0v) is 23.9. The molecule has 3 N–H and O–H groups in total. The summed E-state index contributed by atoms with van der Waals surface area (Å²) < 4.78 is 5.43. The third kappa shape index (κ3) is 8.50. The first-order chi connectivity index (χ1) is 17.7. The van der Waals surface area contributed by atoms with Crippen molar-refractivity contribution in [2.75, 3.05) is 0 Å². The number of benzene rings is 2. The number of alkyl carbamates (subject to hydrolysis) is 1. The molecule has 0 fully saturated rings. The van der Waals surface area contributed by atoms with Gasteiger partial charge in [-0.25, -0.2) is 4.79 Å². The fraction of sp³-hybridized carbons (Fsp3) is 0.500. The van der Waals surface area contributed by atoms with Crippen LogP contribution in [-0.2, 0) is 20.9 Å². The average Bonchev–Trinajstić information content (AvgIpc) is 2.84. The number of nitrogens with one attached hydrogen (secondary N) is 2. The first-order valence-corrected chi connectivity index (χ1v) is 13.2. The number of hydrogen-bond donors (Lipinski definition) is 3. The van der Waals surface area contributed by atoms with Crippen molar-refractivity contribution in [1.82, 2.24) is 15.5 Å². The van der Waals surface area contributed by atoms with E-state index in [1.165, 1.54) is 11.0 Å². The standard InChI is InChI=1S/C30H43N3O5/c1-9-20(4)25(32-29(37)38-30(6,7)8)28(36)33(19(2)3)26(23-15-16-24(34)21(5)17-23)27(35)31-18-22-13-11-10-12-14-22/h10-17,19-20,25-26,34H,9,18H2,1-8H3,(H,31,35)(H,32,37). The minimum absolute atomic E-state index is 0.101. The van der Waals surface area contributed by atoms with Gasteiger partial charge in [-0.15, -0.1) is 0 Å². The van der Waals surface area contributed by atoms with Gasteiger partial charge in [0.05, 0.1) is 0 Å². The highest BCUT2D eigenvalue weighted by molar-refractivity contribution is 5.92. The molecule has 3 atom stereocenters.